The number of halogens is 3. The molecule has 0 aliphatic rings. The van der Waals surface area contributed by atoms with Crippen LogP contribution in [0.25, 0.3) is 0 Å². The molecular formula is C21H19F3N6O2. The molecule has 8 nitrogen and oxygen atoms in total. The maximum atomic E-state index is 13.4. The molecule has 3 aromatic rings. The number of nitrogens with zero attached hydrogens (tertiary/aromatic N) is 2. The standard InChI is InChI=1S/C21H19F3N6O2/c1-12(31)27-14-7-9-15(10-8-14)28-18-17(21(22,23)24)11-26-20(30-18)29-16-5-3-13(4-6-16)19(32)25-2/h3-11H,1-2H3,(H,25,32)(H,27,31)(H2,26,28,29,30). The van der Waals surface area contributed by atoms with Crippen LogP contribution < -0.4 is 21.3 Å². The van der Waals surface area contributed by atoms with Crippen molar-refractivity contribution < 1.29 is 22.8 Å². The summed E-state index contributed by atoms with van der Waals surface area (Å²) in [5.41, 5.74) is 0.719. The normalized spacial score (nSPS) is 10.9. The molecule has 2 amide bonds. The van der Waals surface area contributed by atoms with Gasteiger partial charge in [0.05, 0.1) is 0 Å². The summed E-state index contributed by atoms with van der Waals surface area (Å²) in [4.78, 5) is 30.4. The molecule has 2 aromatic carbocycles. The van der Waals surface area contributed by atoms with Gasteiger partial charge in [-0.3, -0.25) is 9.59 Å². The summed E-state index contributed by atoms with van der Waals surface area (Å²) in [6, 6.07) is 12.4. The molecule has 1 heterocycles. The summed E-state index contributed by atoms with van der Waals surface area (Å²) < 4.78 is 40.3. The zero-order valence-electron chi connectivity index (χ0n) is 17.0. The number of amides is 2. The molecular weight excluding hydrogens is 425 g/mol. The fourth-order valence-corrected chi connectivity index (χ4v) is 2.70. The molecule has 11 heteroatoms. The lowest BCUT2D eigenvalue weighted by Crippen LogP contribution is -2.17. The molecule has 0 atom stereocenters. The van der Waals surface area contributed by atoms with Crippen molar-refractivity contribution in [1.29, 1.82) is 0 Å². The van der Waals surface area contributed by atoms with Gasteiger partial charge in [0.25, 0.3) is 5.91 Å². The number of rotatable bonds is 6. The molecule has 4 N–H and O–H groups in total. The van der Waals surface area contributed by atoms with Crippen LogP contribution in [0, 0.1) is 0 Å². The van der Waals surface area contributed by atoms with Crippen molar-refractivity contribution in [2.75, 3.05) is 23.0 Å². The van der Waals surface area contributed by atoms with Crippen molar-refractivity contribution in [3.05, 3.63) is 65.9 Å². The van der Waals surface area contributed by atoms with Crippen LogP contribution in [-0.2, 0) is 11.0 Å². The summed E-state index contributed by atoms with van der Waals surface area (Å²) in [6.45, 7) is 1.35. The average molecular weight is 444 g/mol. The Balaban J connectivity index is 1.85. The molecule has 3 rings (SSSR count). The van der Waals surface area contributed by atoms with Gasteiger partial charge in [-0.05, 0) is 48.5 Å². The van der Waals surface area contributed by atoms with Crippen molar-refractivity contribution in [3.8, 4) is 0 Å². The minimum atomic E-state index is -4.67. The summed E-state index contributed by atoms with van der Waals surface area (Å²) in [7, 11) is 1.51. The Morgan fingerprint density at radius 2 is 1.44 bits per heavy atom. The van der Waals surface area contributed by atoms with E-state index < -0.39 is 17.6 Å². The van der Waals surface area contributed by atoms with Crippen molar-refractivity contribution in [3.63, 3.8) is 0 Å². The molecule has 0 unspecified atom stereocenters. The van der Waals surface area contributed by atoms with Crippen molar-refractivity contribution in [1.82, 2.24) is 15.3 Å². The summed E-state index contributed by atoms with van der Waals surface area (Å²) >= 11 is 0. The second-order valence-electron chi connectivity index (χ2n) is 6.62. The first kappa shape index (κ1) is 22.5. The molecule has 166 valence electrons. The first-order valence-corrected chi connectivity index (χ1v) is 9.34. The molecule has 1 aromatic heterocycles. The quantitative estimate of drug-likeness (QED) is 0.452. The van der Waals surface area contributed by atoms with Crippen molar-refractivity contribution in [2.24, 2.45) is 0 Å². The number of nitrogens with one attached hydrogen (secondary N) is 4. The SMILES string of the molecule is CNC(=O)c1ccc(Nc2ncc(C(F)(F)F)c(Nc3ccc(NC(C)=O)cc3)n2)cc1. The van der Waals surface area contributed by atoms with E-state index in [0.717, 1.165) is 0 Å². The smallest absolute Gasteiger partial charge is 0.355 e. The highest BCUT2D eigenvalue weighted by Gasteiger charge is 2.35. The highest BCUT2D eigenvalue weighted by atomic mass is 19.4. The lowest BCUT2D eigenvalue weighted by atomic mass is 10.2. The van der Waals surface area contributed by atoms with E-state index in [-0.39, 0.29) is 17.8 Å². The Bertz CT molecular complexity index is 1120. The number of hydrogen-bond acceptors (Lipinski definition) is 6. The van der Waals surface area contributed by atoms with E-state index in [9.17, 15) is 22.8 Å². The van der Waals surface area contributed by atoms with Crippen LogP contribution in [0.3, 0.4) is 0 Å². The molecule has 32 heavy (non-hydrogen) atoms. The number of benzene rings is 2. The Morgan fingerprint density at radius 1 is 0.875 bits per heavy atom. The summed E-state index contributed by atoms with van der Waals surface area (Å²) in [6.07, 6.45) is -3.99. The number of carbonyl (C=O) groups is 2. The molecule has 0 radical (unpaired) electrons. The Labute approximate surface area is 181 Å². The van der Waals surface area contributed by atoms with E-state index in [1.54, 1.807) is 36.4 Å². The zero-order chi connectivity index (χ0) is 23.3. The monoisotopic (exact) mass is 444 g/mol. The van der Waals surface area contributed by atoms with Gasteiger partial charge in [-0.15, -0.1) is 0 Å². The minimum absolute atomic E-state index is 0.0666. The van der Waals surface area contributed by atoms with Crippen LogP contribution in [0.5, 0.6) is 0 Å². The molecule has 0 spiro atoms. The van der Waals surface area contributed by atoms with Crippen molar-refractivity contribution in [2.45, 2.75) is 13.1 Å². The van der Waals surface area contributed by atoms with Gasteiger partial charge in [0, 0.05) is 42.8 Å². The fraction of sp³-hybridized carbons (Fsp3) is 0.143. The van der Waals surface area contributed by atoms with Gasteiger partial charge >= 0.3 is 6.18 Å². The average Bonchev–Trinajstić information content (AvgIpc) is 2.74. The summed E-state index contributed by atoms with van der Waals surface area (Å²) in [5.74, 6) is -1.04. The van der Waals surface area contributed by atoms with Gasteiger partial charge in [0.15, 0.2) is 0 Å². The molecule has 0 aliphatic carbocycles. The van der Waals surface area contributed by atoms with E-state index in [1.807, 2.05) is 0 Å². The van der Waals surface area contributed by atoms with Gasteiger partial charge in [-0.25, -0.2) is 4.98 Å². The van der Waals surface area contributed by atoms with E-state index in [0.29, 0.717) is 28.8 Å². The molecule has 0 fully saturated rings. The number of alkyl halides is 3. The van der Waals surface area contributed by atoms with Crippen LogP contribution in [0.15, 0.2) is 54.7 Å². The third kappa shape index (κ3) is 5.72. The van der Waals surface area contributed by atoms with Crippen molar-refractivity contribution >= 4 is 40.6 Å². The van der Waals surface area contributed by atoms with E-state index in [4.69, 9.17) is 0 Å². The lowest BCUT2D eigenvalue weighted by Gasteiger charge is -2.15. The second-order valence-corrected chi connectivity index (χ2v) is 6.62. The number of hydrogen-bond donors (Lipinski definition) is 4. The molecule has 0 aliphatic heterocycles. The highest BCUT2D eigenvalue weighted by Crippen LogP contribution is 2.35. The van der Waals surface area contributed by atoms with Crippen LogP contribution in [-0.4, -0.2) is 28.8 Å². The van der Waals surface area contributed by atoms with Gasteiger partial charge in [-0.2, -0.15) is 18.2 Å². The Hall–Kier alpha value is -4.15. The minimum Gasteiger partial charge on any atom is -0.355 e. The predicted molar refractivity (Wildman–Crippen MR) is 114 cm³/mol. The van der Waals surface area contributed by atoms with Gasteiger partial charge in [-0.1, -0.05) is 0 Å². The largest absolute Gasteiger partial charge is 0.421 e. The topological polar surface area (TPSA) is 108 Å². The van der Waals surface area contributed by atoms with Crippen LogP contribution in [0.4, 0.5) is 42.0 Å². The first-order chi connectivity index (χ1) is 15.2. The fourth-order valence-electron chi connectivity index (χ4n) is 2.70. The van der Waals surface area contributed by atoms with Gasteiger partial charge < -0.3 is 21.3 Å². The van der Waals surface area contributed by atoms with Crippen LogP contribution in [0.2, 0.25) is 0 Å². The Kier molecular flexibility index (Phi) is 6.57. The molecule has 0 bridgehead atoms. The van der Waals surface area contributed by atoms with E-state index in [2.05, 4.69) is 31.2 Å². The number of anilines is 5. The second kappa shape index (κ2) is 9.33. The number of aromatic nitrogens is 2. The van der Waals surface area contributed by atoms with Crippen LogP contribution in [0.1, 0.15) is 22.8 Å². The third-order valence-corrected chi connectivity index (χ3v) is 4.19. The van der Waals surface area contributed by atoms with E-state index in [1.165, 1.54) is 26.1 Å². The van der Waals surface area contributed by atoms with Crippen LogP contribution >= 0.6 is 0 Å². The Morgan fingerprint density at radius 3 is 2.00 bits per heavy atom. The zero-order valence-corrected chi connectivity index (χ0v) is 17.0. The molecule has 0 saturated carbocycles. The van der Waals surface area contributed by atoms with Gasteiger partial charge in [0.2, 0.25) is 11.9 Å². The molecule has 0 saturated heterocycles. The first-order valence-electron chi connectivity index (χ1n) is 9.34. The predicted octanol–water partition coefficient (Wildman–Crippen LogP) is 4.30. The van der Waals surface area contributed by atoms with E-state index >= 15 is 0 Å². The maximum Gasteiger partial charge on any atom is 0.421 e. The highest BCUT2D eigenvalue weighted by molar-refractivity contribution is 5.94. The maximum absolute atomic E-state index is 13.4. The lowest BCUT2D eigenvalue weighted by molar-refractivity contribution is -0.137. The number of carbonyl (C=O) groups excluding carboxylic acids is 2. The third-order valence-electron chi connectivity index (χ3n) is 4.19. The van der Waals surface area contributed by atoms with Gasteiger partial charge in [0.1, 0.15) is 11.4 Å². The summed E-state index contributed by atoms with van der Waals surface area (Å²) in [5, 5.41) is 10.5.